The molecular formula is C19H18N2O4. The predicted molar refractivity (Wildman–Crippen MR) is 94.8 cm³/mol. The first kappa shape index (κ1) is 16.6. The molecule has 6 nitrogen and oxygen atoms in total. The van der Waals surface area contributed by atoms with Crippen LogP contribution in [-0.2, 0) is 0 Å². The van der Waals surface area contributed by atoms with E-state index in [0.29, 0.717) is 34.6 Å². The average molecular weight is 338 g/mol. The third kappa shape index (κ3) is 3.63. The van der Waals surface area contributed by atoms with Gasteiger partial charge in [-0.25, -0.2) is 0 Å². The summed E-state index contributed by atoms with van der Waals surface area (Å²) in [5.74, 6) is 2.34. The van der Waals surface area contributed by atoms with Crippen LogP contribution in [0, 0.1) is 0 Å². The van der Waals surface area contributed by atoms with Crippen LogP contribution in [-0.4, -0.2) is 31.5 Å². The second-order valence-electron chi connectivity index (χ2n) is 5.10. The Morgan fingerprint density at radius 1 is 0.840 bits per heavy atom. The Balaban J connectivity index is 1.90. The van der Waals surface area contributed by atoms with Crippen molar-refractivity contribution in [2.45, 2.75) is 0 Å². The van der Waals surface area contributed by atoms with Crippen molar-refractivity contribution in [1.82, 2.24) is 10.2 Å². The summed E-state index contributed by atoms with van der Waals surface area (Å²) in [7, 11) is 4.67. The molecule has 3 rings (SSSR count). The first-order valence-electron chi connectivity index (χ1n) is 7.62. The van der Waals surface area contributed by atoms with Crippen molar-refractivity contribution in [1.29, 1.82) is 0 Å². The van der Waals surface area contributed by atoms with Gasteiger partial charge < -0.3 is 18.6 Å². The van der Waals surface area contributed by atoms with E-state index in [1.165, 1.54) is 0 Å². The number of benzene rings is 2. The first-order chi connectivity index (χ1) is 12.2. The molecule has 0 amide bonds. The summed E-state index contributed by atoms with van der Waals surface area (Å²) in [5, 5.41) is 8.13. The fourth-order valence-electron chi connectivity index (χ4n) is 2.35. The summed E-state index contributed by atoms with van der Waals surface area (Å²) < 4.78 is 21.7. The maximum atomic E-state index is 5.70. The molecule has 0 spiro atoms. The molecule has 128 valence electrons. The largest absolute Gasteiger partial charge is 0.493 e. The number of hydrogen-bond donors (Lipinski definition) is 0. The van der Waals surface area contributed by atoms with Gasteiger partial charge >= 0.3 is 0 Å². The molecule has 6 heteroatoms. The second kappa shape index (κ2) is 7.53. The standard InChI is InChI=1S/C19H18N2O4/c1-22-15-11-14(12-16(23-2)18(15)24-3)19-21-20-17(25-19)10-9-13-7-5-4-6-8-13/h4-12H,1-3H3. The number of aromatic nitrogens is 2. The Bertz CT molecular complexity index is 847. The number of methoxy groups -OCH3 is 3. The minimum atomic E-state index is 0.368. The summed E-state index contributed by atoms with van der Waals surface area (Å²) in [6.07, 6.45) is 3.68. The van der Waals surface area contributed by atoms with E-state index in [0.717, 1.165) is 5.56 Å². The van der Waals surface area contributed by atoms with Gasteiger partial charge in [0.2, 0.25) is 17.5 Å². The van der Waals surface area contributed by atoms with Crippen LogP contribution in [0.3, 0.4) is 0 Å². The van der Waals surface area contributed by atoms with Crippen LogP contribution < -0.4 is 14.2 Å². The lowest BCUT2D eigenvalue weighted by Crippen LogP contribution is -1.95. The van der Waals surface area contributed by atoms with Crippen molar-refractivity contribution in [3.63, 3.8) is 0 Å². The van der Waals surface area contributed by atoms with E-state index in [1.54, 1.807) is 39.5 Å². The van der Waals surface area contributed by atoms with Crippen LogP contribution in [0.25, 0.3) is 23.6 Å². The van der Waals surface area contributed by atoms with Crippen molar-refractivity contribution in [3.05, 3.63) is 53.9 Å². The van der Waals surface area contributed by atoms with Crippen molar-refractivity contribution in [3.8, 4) is 28.7 Å². The molecule has 0 aliphatic heterocycles. The van der Waals surface area contributed by atoms with Gasteiger partial charge in [-0.3, -0.25) is 0 Å². The molecule has 0 saturated carbocycles. The van der Waals surface area contributed by atoms with Crippen molar-refractivity contribution < 1.29 is 18.6 Å². The Hall–Kier alpha value is -3.28. The van der Waals surface area contributed by atoms with E-state index < -0.39 is 0 Å². The molecule has 0 saturated heterocycles. The molecular weight excluding hydrogens is 320 g/mol. The van der Waals surface area contributed by atoms with Gasteiger partial charge in [-0.05, 0) is 23.8 Å². The lowest BCUT2D eigenvalue weighted by molar-refractivity contribution is 0.324. The molecule has 3 aromatic rings. The molecule has 0 fully saturated rings. The van der Waals surface area contributed by atoms with Crippen molar-refractivity contribution >= 4 is 12.2 Å². The van der Waals surface area contributed by atoms with Gasteiger partial charge in [0, 0.05) is 11.6 Å². The molecule has 0 N–H and O–H groups in total. The summed E-state index contributed by atoms with van der Waals surface area (Å²) in [5.41, 5.74) is 1.73. The van der Waals surface area contributed by atoms with E-state index in [-0.39, 0.29) is 0 Å². The Kier molecular flexibility index (Phi) is 4.99. The van der Waals surface area contributed by atoms with Gasteiger partial charge in [0.05, 0.1) is 21.3 Å². The molecule has 0 bridgehead atoms. The summed E-state index contributed by atoms with van der Waals surface area (Å²) >= 11 is 0. The lowest BCUT2D eigenvalue weighted by atomic mass is 10.2. The van der Waals surface area contributed by atoms with E-state index in [1.807, 2.05) is 36.4 Å². The fraction of sp³-hybridized carbons (Fsp3) is 0.158. The minimum Gasteiger partial charge on any atom is -0.493 e. The lowest BCUT2D eigenvalue weighted by Gasteiger charge is -2.12. The van der Waals surface area contributed by atoms with Crippen LogP contribution in [0.2, 0.25) is 0 Å². The monoisotopic (exact) mass is 338 g/mol. The molecule has 0 radical (unpaired) electrons. The zero-order valence-corrected chi connectivity index (χ0v) is 14.2. The number of rotatable bonds is 6. The van der Waals surface area contributed by atoms with E-state index in [2.05, 4.69) is 10.2 Å². The zero-order chi connectivity index (χ0) is 17.6. The van der Waals surface area contributed by atoms with E-state index in [4.69, 9.17) is 18.6 Å². The molecule has 1 aromatic heterocycles. The smallest absolute Gasteiger partial charge is 0.248 e. The normalized spacial score (nSPS) is 10.8. The third-order valence-electron chi connectivity index (χ3n) is 3.57. The highest BCUT2D eigenvalue weighted by molar-refractivity contribution is 5.68. The summed E-state index contributed by atoms with van der Waals surface area (Å²) in [6.45, 7) is 0. The molecule has 1 heterocycles. The molecule has 0 unspecified atom stereocenters. The number of ether oxygens (including phenoxy) is 3. The highest BCUT2D eigenvalue weighted by Gasteiger charge is 2.17. The van der Waals surface area contributed by atoms with E-state index >= 15 is 0 Å². The molecule has 25 heavy (non-hydrogen) atoms. The van der Waals surface area contributed by atoms with Gasteiger partial charge in [0.25, 0.3) is 0 Å². The predicted octanol–water partition coefficient (Wildman–Crippen LogP) is 3.93. The topological polar surface area (TPSA) is 66.6 Å². The van der Waals surface area contributed by atoms with Crippen molar-refractivity contribution in [2.75, 3.05) is 21.3 Å². The van der Waals surface area contributed by atoms with Crippen LogP contribution in [0.1, 0.15) is 11.5 Å². The molecule has 0 atom stereocenters. The van der Waals surface area contributed by atoms with Gasteiger partial charge in [-0.15, -0.1) is 10.2 Å². The first-order valence-corrected chi connectivity index (χ1v) is 7.62. The fourth-order valence-corrected chi connectivity index (χ4v) is 2.35. The van der Waals surface area contributed by atoms with Crippen LogP contribution >= 0.6 is 0 Å². The quantitative estimate of drug-likeness (QED) is 0.678. The highest BCUT2D eigenvalue weighted by Crippen LogP contribution is 2.40. The molecule has 0 aliphatic rings. The Morgan fingerprint density at radius 3 is 2.12 bits per heavy atom. The summed E-state index contributed by atoms with van der Waals surface area (Å²) in [4.78, 5) is 0. The van der Waals surface area contributed by atoms with Gasteiger partial charge in [0.15, 0.2) is 11.5 Å². The maximum absolute atomic E-state index is 5.70. The van der Waals surface area contributed by atoms with Crippen LogP contribution in [0.4, 0.5) is 0 Å². The van der Waals surface area contributed by atoms with Crippen LogP contribution in [0.15, 0.2) is 46.9 Å². The Labute approximate surface area is 145 Å². The number of hydrogen-bond acceptors (Lipinski definition) is 6. The molecule has 2 aromatic carbocycles. The van der Waals surface area contributed by atoms with E-state index in [9.17, 15) is 0 Å². The average Bonchev–Trinajstić information content (AvgIpc) is 3.15. The van der Waals surface area contributed by atoms with Crippen LogP contribution in [0.5, 0.6) is 17.2 Å². The number of nitrogens with zero attached hydrogens (tertiary/aromatic N) is 2. The molecule has 0 aliphatic carbocycles. The summed E-state index contributed by atoms with van der Waals surface area (Å²) in [6, 6.07) is 13.4. The third-order valence-corrected chi connectivity index (χ3v) is 3.57. The minimum absolute atomic E-state index is 0.368. The van der Waals surface area contributed by atoms with Gasteiger partial charge in [-0.1, -0.05) is 30.3 Å². The van der Waals surface area contributed by atoms with Gasteiger partial charge in [0.1, 0.15) is 0 Å². The SMILES string of the molecule is COc1cc(-c2nnc(C=Cc3ccccc3)o2)cc(OC)c1OC. The zero-order valence-electron chi connectivity index (χ0n) is 14.2. The maximum Gasteiger partial charge on any atom is 0.248 e. The second-order valence-corrected chi connectivity index (χ2v) is 5.10. The van der Waals surface area contributed by atoms with Crippen molar-refractivity contribution in [2.24, 2.45) is 0 Å². The Morgan fingerprint density at radius 2 is 1.52 bits per heavy atom. The van der Waals surface area contributed by atoms with Gasteiger partial charge in [-0.2, -0.15) is 0 Å². The highest BCUT2D eigenvalue weighted by atomic mass is 16.5.